The highest BCUT2D eigenvalue weighted by Crippen LogP contribution is 2.64. The van der Waals surface area contributed by atoms with Crippen LogP contribution in [0.3, 0.4) is 0 Å². The number of hydrogen-bond donors (Lipinski definition) is 3. The molecule has 1 aromatic rings. The summed E-state index contributed by atoms with van der Waals surface area (Å²) < 4.78 is 0. The van der Waals surface area contributed by atoms with Gasteiger partial charge < -0.3 is 15.3 Å². The van der Waals surface area contributed by atoms with Gasteiger partial charge in [-0.15, -0.1) is 0 Å². The van der Waals surface area contributed by atoms with Gasteiger partial charge in [0.2, 0.25) is 0 Å². The number of aliphatic hydroxyl groups is 2. The summed E-state index contributed by atoms with van der Waals surface area (Å²) in [7, 11) is 0. The van der Waals surface area contributed by atoms with E-state index in [1.807, 2.05) is 25.1 Å². The summed E-state index contributed by atoms with van der Waals surface area (Å²) in [6.07, 6.45) is 3.14. The highest BCUT2D eigenvalue weighted by atomic mass is 16.3. The van der Waals surface area contributed by atoms with E-state index >= 15 is 0 Å². The normalized spacial score (nSPS) is 44.8. The van der Waals surface area contributed by atoms with Crippen molar-refractivity contribution in [2.24, 2.45) is 17.3 Å². The molecule has 4 rings (SSSR count). The molecule has 0 saturated heterocycles. The number of phenolic OH excluding ortho intramolecular Hbond substituents is 1. The zero-order valence-electron chi connectivity index (χ0n) is 13.4. The molecule has 2 fully saturated rings. The maximum absolute atomic E-state index is 10.8. The largest absolute Gasteiger partial charge is 0.508 e. The smallest absolute Gasteiger partial charge is 0.182 e. The third-order valence-corrected chi connectivity index (χ3v) is 7.10. The molecule has 122 valence electrons. The molecule has 1 aromatic carbocycles. The maximum atomic E-state index is 10.8. The van der Waals surface area contributed by atoms with Gasteiger partial charge in [0.1, 0.15) is 11.8 Å². The first-order chi connectivity index (χ1) is 10.9. The number of hydrogen-bond acceptors (Lipinski definition) is 4. The Morgan fingerprint density at radius 2 is 2.09 bits per heavy atom. The summed E-state index contributed by atoms with van der Waals surface area (Å²) in [4.78, 5) is 0. The molecule has 0 spiro atoms. The second kappa shape index (κ2) is 4.72. The number of rotatable bonds is 0. The highest BCUT2D eigenvalue weighted by Gasteiger charge is 2.66. The van der Waals surface area contributed by atoms with Crippen LogP contribution in [0.15, 0.2) is 18.2 Å². The van der Waals surface area contributed by atoms with Gasteiger partial charge in [-0.25, -0.2) is 0 Å². The van der Waals surface area contributed by atoms with Crippen LogP contribution in [0.5, 0.6) is 5.75 Å². The fourth-order valence-electron chi connectivity index (χ4n) is 5.79. The molecule has 0 aromatic heterocycles. The van der Waals surface area contributed by atoms with Gasteiger partial charge >= 0.3 is 0 Å². The van der Waals surface area contributed by atoms with Crippen molar-refractivity contribution in [3.8, 4) is 11.8 Å². The lowest BCUT2D eigenvalue weighted by Crippen LogP contribution is -2.53. The minimum atomic E-state index is -1.63. The monoisotopic (exact) mass is 313 g/mol. The minimum absolute atomic E-state index is 0.169. The second-order valence-electron chi connectivity index (χ2n) is 7.88. The molecule has 3 N–H and O–H groups in total. The Labute approximate surface area is 136 Å². The number of aliphatic hydroxyl groups excluding tert-OH is 1. The summed E-state index contributed by atoms with van der Waals surface area (Å²) in [6.45, 7) is 1.99. The Morgan fingerprint density at radius 1 is 1.30 bits per heavy atom. The number of aromatic hydroxyl groups is 1. The van der Waals surface area contributed by atoms with Gasteiger partial charge in [0, 0.05) is 5.41 Å². The summed E-state index contributed by atoms with van der Waals surface area (Å²) in [6, 6.07) is 7.68. The van der Waals surface area contributed by atoms with Crippen LogP contribution in [-0.2, 0) is 6.42 Å². The van der Waals surface area contributed by atoms with Crippen LogP contribution >= 0.6 is 0 Å². The molecule has 3 aliphatic rings. The van der Waals surface area contributed by atoms with Crippen molar-refractivity contribution in [2.75, 3.05) is 0 Å². The second-order valence-corrected chi connectivity index (χ2v) is 7.88. The third kappa shape index (κ3) is 1.78. The van der Waals surface area contributed by atoms with E-state index in [0.717, 1.165) is 25.7 Å². The van der Waals surface area contributed by atoms with Crippen LogP contribution in [0.1, 0.15) is 49.7 Å². The fourth-order valence-corrected chi connectivity index (χ4v) is 5.79. The molecule has 4 heteroatoms. The first kappa shape index (κ1) is 15.0. The number of nitrogens with zero attached hydrogens (tertiary/aromatic N) is 1. The van der Waals surface area contributed by atoms with Crippen LogP contribution in [0.2, 0.25) is 0 Å². The van der Waals surface area contributed by atoms with Crippen molar-refractivity contribution >= 4 is 0 Å². The quantitative estimate of drug-likeness (QED) is 0.642. The number of phenols is 1. The SMILES string of the molecule is CC12CCC3c4ccc(O)cc4CCC3C1CC(O)C2(O)C#N. The Morgan fingerprint density at radius 3 is 2.83 bits per heavy atom. The van der Waals surface area contributed by atoms with Crippen molar-refractivity contribution in [3.05, 3.63) is 29.3 Å². The van der Waals surface area contributed by atoms with Crippen LogP contribution in [0.25, 0.3) is 0 Å². The molecule has 2 saturated carbocycles. The van der Waals surface area contributed by atoms with Crippen molar-refractivity contribution < 1.29 is 15.3 Å². The van der Waals surface area contributed by atoms with Gasteiger partial charge in [-0.3, -0.25) is 0 Å². The lowest BCUT2D eigenvalue weighted by atomic mass is 9.53. The predicted octanol–water partition coefficient (Wildman–Crippen LogP) is 2.47. The van der Waals surface area contributed by atoms with E-state index in [1.165, 1.54) is 11.1 Å². The average molecular weight is 313 g/mol. The topological polar surface area (TPSA) is 84.5 Å². The molecular formula is C19H23NO3. The number of nitriles is 1. The Hall–Kier alpha value is -1.57. The lowest BCUT2D eigenvalue weighted by molar-refractivity contribution is -0.102. The highest BCUT2D eigenvalue weighted by molar-refractivity contribution is 5.40. The number of fused-ring (bicyclic) bond motifs is 5. The zero-order valence-corrected chi connectivity index (χ0v) is 13.4. The van der Waals surface area contributed by atoms with Crippen LogP contribution in [0.4, 0.5) is 0 Å². The Bertz CT molecular complexity index is 696. The maximum Gasteiger partial charge on any atom is 0.182 e. The van der Waals surface area contributed by atoms with Crippen LogP contribution in [-0.4, -0.2) is 27.0 Å². The summed E-state index contributed by atoms with van der Waals surface area (Å²) in [5.41, 5.74) is 0.376. The average Bonchev–Trinajstić information content (AvgIpc) is 2.75. The standard InChI is InChI=1S/C19H23NO3/c1-18-7-6-14-13-5-3-12(21)8-11(13)2-4-15(14)16(18)9-17(22)19(18,23)10-20/h3,5,8,14-17,21-23H,2,4,6-7,9H2,1H3. The first-order valence-electron chi connectivity index (χ1n) is 8.54. The molecule has 0 heterocycles. The third-order valence-electron chi connectivity index (χ3n) is 7.10. The van der Waals surface area contributed by atoms with Gasteiger partial charge in [0.15, 0.2) is 5.60 Å². The van der Waals surface area contributed by atoms with Crippen molar-refractivity contribution in [1.82, 2.24) is 0 Å². The number of aryl methyl sites for hydroxylation is 1. The molecule has 3 aliphatic carbocycles. The van der Waals surface area contributed by atoms with E-state index in [9.17, 15) is 20.6 Å². The van der Waals surface area contributed by atoms with Crippen molar-refractivity contribution in [3.63, 3.8) is 0 Å². The van der Waals surface area contributed by atoms with Gasteiger partial charge in [0.05, 0.1) is 6.10 Å². The Kier molecular flexibility index (Phi) is 3.07. The molecule has 6 unspecified atom stereocenters. The van der Waals surface area contributed by atoms with Gasteiger partial charge in [-0.2, -0.15) is 5.26 Å². The summed E-state index contributed by atoms with van der Waals surface area (Å²) >= 11 is 0. The molecule has 0 amide bonds. The van der Waals surface area contributed by atoms with Crippen molar-refractivity contribution in [1.29, 1.82) is 5.26 Å². The summed E-state index contributed by atoms with van der Waals surface area (Å²) in [5, 5.41) is 40.4. The van der Waals surface area contributed by atoms with E-state index in [4.69, 9.17) is 0 Å². The predicted molar refractivity (Wildman–Crippen MR) is 84.7 cm³/mol. The number of benzene rings is 1. The molecule has 23 heavy (non-hydrogen) atoms. The molecule has 6 atom stereocenters. The Balaban J connectivity index is 1.74. The van der Waals surface area contributed by atoms with E-state index in [-0.39, 0.29) is 5.92 Å². The lowest BCUT2D eigenvalue weighted by Gasteiger charge is -2.51. The summed E-state index contributed by atoms with van der Waals surface area (Å²) in [5.74, 6) is 1.29. The molecule has 0 bridgehead atoms. The molecule has 0 radical (unpaired) electrons. The van der Waals surface area contributed by atoms with E-state index < -0.39 is 17.1 Å². The van der Waals surface area contributed by atoms with E-state index in [1.54, 1.807) is 6.07 Å². The zero-order chi connectivity index (χ0) is 16.4. The fraction of sp³-hybridized carbons (Fsp3) is 0.632. The van der Waals surface area contributed by atoms with E-state index in [0.29, 0.717) is 24.0 Å². The molecule has 0 aliphatic heterocycles. The molecule has 4 nitrogen and oxygen atoms in total. The van der Waals surface area contributed by atoms with Crippen LogP contribution < -0.4 is 0 Å². The van der Waals surface area contributed by atoms with Crippen LogP contribution in [0, 0.1) is 28.6 Å². The first-order valence-corrected chi connectivity index (χ1v) is 8.54. The van der Waals surface area contributed by atoms with Gasteiger partial charge in [-0.1, -0.05) is 13.0 Å². The van der Waals surface area contributed by atoms with Crippen molar-refractivity contribution in [2.45, 2.75) is 56.7 Å². The minimum Gasteiger partial charge on any atom is -0.508 e. The van der Waals surface area contributed by atoms with Gasteiger partial charge in [0.25, 0.3) is 0 Å². The van der Waals surface area contributed by atoms with Gasteiger partial charge in [-0.05, 0) is 73.1 Å². The molecular weight excluding hydrogens is 290 g/mol. The van der Waals surface area contributed by atoms with E-state index in [2.05, 4.69) is 0 Å².